The molecule has 17 heavy (non-hydrogen) atoms. The second-order valence-corrected chi connectivity index (χ2v) is 5.76. The Morgan fingerprint density at radius 2 is 2.06 bits per heavy atom. The lowest BCUT2D eigenvalue weighted by atomic mass is 9.98. The molecule has 0 N–H and O–H groups in total. The van der Waals surface area contributed by atoms with Gasteiger partial charge in [0.2, 0.25) is 0 Å². The van der Waals surface area contributed by atoms with E-state index in [0.29, 0.717) is 0 Å². The van der Waals surface area contributed by atoms with Crippen LogP contribution < -0.4 is 0 Å². The lowest BCUT2D eigenvalue weighted by molar-refractivity contribution is -0.219. The lowest BCUT2D eigenvalue weighted by Crippen LogP contribution is -2.32. The van der Waals surface area contributed by atoms with Gasteiger partial charge in [0, 0.05) is 11.1 Å². The predicted molar refractivity (Wildman–Crippen MR) is 71.8 cm³/mol. The van der Waals surface area contributed by atoms with Gasteiger partial charge in [0.1, 0.15) is 0 Å². The van der Waals surface area contributed by atoms with Crippen LogP contribution in [0, 0.1) is 0 Å². The van der Waals surface area contributed by atoms with Crippen molar-refractivity contribution in [2.45, 2.75) is 45.0 Å². The van der Waals surface area contributed by atoms with Crippen LogP contribution >= 0.6 is 15.9 Å². The van der Waals surface area contributed by atoms with E-state index in [0.717, 1.165) is 29.5 Å². The van der Waals surface area contributed by atoms with Crippen LogP contribution in [0.1, 0.15) is 38.7 Å². The van der Waals surface area contributed by atoms with Crippen LogP contribution in [0.3, 0.4) is 0 Å². The molecule has 1 aliphatic heterocycles. The van der Waals surface area contributed by atoms with Crippen molar-refractivity contribution in [1.82, 2.24) is 0 Å². The van der Waals surface area contributed by atoms with Gasteiger partial charge < -0.3 is 9.47 Å². The van der Waals surface area contributed by atoms with E-state index in [2.05, 4.69) is 35.8 Å². The quantitative estimate of drug-likeness (QED) is 0.831. The largest absolute Gasteiger partial charge is 0.353 e. The lowest BCUT2D eigenvalue weighted by Gasteiger charge is -2.33. The highest BCUT2D eigenvalue weighted by molar-refractivity contribution is 9.10. The van der Waals surface area contributed by atoms with Crippen LogP contribution in [-0.2, 0) is 15.1 Å². The molecule has 1 atom stereocenters. The summed E-state index contributed by atoms with van der Waals surface area (Å²) >= 11 is 3.58. The summed E-state index contributed by atoms with van der Waals surface area (Å²) in [4.78, 5) is 0. The van der Waals surface area contributed by atoms with E-state index < -0.39 is 0 Å². The minimum atomic E-state index is -0.331. The van der Waals surface area contributed by atoms with Gasteiger partial charge >= 0.3 is 0 Å². The summed E-state index contributed by atoms with van der Waals surface area (Å²) in [7, 11) is 0. The van der Waals surface area contributed by atoms with Gasteiger partial charge in [0.25, 0.3) is 0 Å². The zero-order chi connectivity index (χ0) is 12.3. The van der Waals surface area contributed by atoms with Crippen molar-refractivity contribution >= 4 is 15.9 Å². The van der Waals surface area contributed by atoms with E-state index in [4.69, 9.17) is 9.47 Å². The first-order chi connectivity index (χ1) is 8.09. The highest BCUT2D eigenvalue weighted by Crippen LogP contribution is 2.33. The molecule has 0 saturated carbocycles. The average Bonchev–Trinajstić information content (AvgIpc) is 2.30. The number of hydrogen-bond donors (Lipinski definition) is 0. The smallest absolute Gasteiger partial charge is 0.158 e. The van der Waals surface area contributed by atoms with Crippen molar-refractivity contribution in [3.05, 3.63) is 34.3 Å². The van der Waals surface area contributed by atoms with Crippen LogP contribution in [-0.4, -0.2) is 12.9 Å². The first-order valence-electron chi connectivity index (χ1n) is 6.14. The van der Waals surface area contributed by atoms with E-state index in [1.165, 1.54) is 6.42 Å². The molecule has 0 amide bonds. The molecule has 1 aromatic carbocycles. The van der Waals surface area contributed by atoms with Crippen molar-refractivity contribution in [1.29, 1.82) is 0 Å². The Morgan fingerprint density at radius 3 is 2.71 bits per heavy atom. The van der Waals surface area contributed by atoms with Crippen molar-refractivity contribution in [2.24, 2.45) is 0 Å². The molecule has 1 unspecified atom stereocenters. The maximum Gasteiger partial charge on any atom is 0.158 e. The number of benzene rings is 1. The fourth-order valence-corrected chi connectivity index (χ4v) is 2.91. The summed E-state index contributed by atoms with van der Waals surface area (Å²) < 4.78 is 12.8. The maximum atomic E-state index is 6.09. The van der Waals surface area contributed by atoms with E-state index >= 15 is 0 Å². The monoisotopic (exact) mass is 298 g/mol. The Bertz CT molecular complexity index is 370. The Hall–Kier alpha value is -0.380. The van der Waals surface area contributed by atoms with Crippen molar-refractivity contribution in [3.8, 4) is 0 Å². The number of halogens is 1. The minimum absolute atomic E-state index is 0.0640. The Morgan fingerprint density at radius 1 is 1.29 bits per heavy atom. The molecule has 0 bridgehead atoms. The van der Waals surface area contributed by atoms with Gasteiger partial charge in [-0.3, -0.25) is 0 Å². The standard InChI is InChI=1S/C14H19BrO2/c1-14(2,11-7-3-4-8-12(11)15)17-13-9-5-6-10-16-13/h3-4,7-8,13H,5-6,9-10H2,1-2H3. The highest BCUT2D eigenvalue weighted by atomic mass is 79.9. The van der Waals surface area contributed by atoms with Crippen LogP contribution in [0.15, 0.2) is 28.7 Å². The molecule has 3 heteroatoms. The highest BCUT2D eigenvalue weighted by Gasteiger charge is 2.28. The minimum Gasteiger partial charge on any atom is -0.353 e. The molecule has 1 aromatic rings. The van der Waals surface area contributed by atoms with E-state index in [-0.39, 0.29) is 11.9 Å². The van der Waals surface area contributed by atoms with Gasteiger partial charge in [-0.15, -0.1) is 0 Å². The molecule has 0 aliphatic carbocycles. The van der Waals surface area contributed by atoms with Gasteiger partial charge in [-0.1, -0.05) is 34.1 Å². The summed E-state index contributed by atoms with van der Waals surface area (Å²) in [5, 5.41) is 0. The third kappa shape index (κ3) is 3.30. The first-order valence-corrected chi connectivity index (χ1v) is 6.93. The zero-order valence-corrected chi connectivity index (χ0v) is 12.0. The first kappa shape index (κ1) is 13.1. The topological polar surface area (TPSA) is 18.5 Å². The molecule has 94 valence electrons. The number of ether oxygens (including phenoxy) is 2. The van der Waals surface area contributed by atoms with E-state index in [1.807, 2.05) is 18.2 Å². The third-order valence-corrected chi connectivity index (χ3v) is 3.78. The van der Waals surface area contributed by atoms with Crippen LogP contribution in [0.5, 0.6) is 0 Å². The summed E-state index contributed by atoms with van der Waals surface area (Å²) in [6, 6.07) is 8.18. The second-order valence-electron chi connectivity index (χ2n) is 4.90. The van der Waals surface area contributed by atoms with Gasteiger partial charge in [0.05, 0.1) is 5.60 Å². The van der Waals surface area contributed by atoms with Crippen molar-refractivity contribution < 1.29 is 9.47 Å². The second kappa shape index (κ2) is 5.51. The maximum absolute atomic E-state index is 6.09. The molecule has 2 rings (SSSR count). The molecular weight excluding hydrogens is 280 g/mol. The molecule has 1 saturated heterocycles. The van der Waals surface area contributed by atoms with Crippen LogP contribution in [0.2, 0.25) is 0 Å². The summed E-state index contributed by atoms with van der Waals surface area (Å²) in [5.41, 5.74) is 0.830. The molecule has 2 nitrogen and oxygen atoms in total. The molecule has 0 spiro atoms. The molecule has 1 heterocycles. The van der Waals surface area contributed by atoms with Crippen molar-refractivity contribution in [3.63, 3.8) is 0 Å². The summed E-state index contributed by atoms with van der Waals surface area (Å²) in [5.74, 6) is 0. The zero-order valence-electron chi connectivity index (χ0n) is 10.4. The molecule has 1 fully saturated rings. The normalized spacial score (nSPS) is 21.5. The SMILES string of the molecule is CC(C)(OC1CCCCO1)c1ccccc1Br. The van der Waals surface area contributed by atoms with Gasteiger partial charge in [-0.2, -0.15) is 0 Å². The Kier molecular flexibility index (Phi) is 4.23. The molecule has 1 aliphatic rings. The fraction of sp³-hybridized carbons (Fsp3) is 0.571. The fourth-order valence-electron chi connectivity index (χ4n) is 2.15. The van der Waals surface area contributed by atoms with Gasteiger partial charge in [-0.25, -0.2) is 0 Å². The van der Waals surface area contributed by atoms with Gasteiger partial charge in [0.15, 0.2) is 6.29 Å². The average molecular weight is 299 g/mol. The van der Waals surface area contributed by atoms with Gasteiger partial charge in [-0.05, 0) is 44.7 Å². The third-order valence-electron chi connectivity index (χ3n) is 3.09. The van der Waals surface area contributed by atoms with E-state index in [1.54, 1.807) is 0 Å². The Labute approximate surface area is 111 Å². The number of hydrogen-bond acceptors (Lipinski definition) is 2. The van der Waals surface area contributed by atoms with E-state index in [9.17, 15) is 0 Å². The molecular formula is C14H19BrO2. The van der Waals surface area contributed by atoms with Crippen LogP contribution in [0.25, 0.3) is 0 Å². The molecule has 0 aromatic heterocycles. The Balaban J connectivity index is 2.10. The predicted octanol–water partition coefficient (Wildman–Crippen LogP) is 4.23. The molecule has 0 radical (unpaired) electrons. The summed E-state index contributed by atoms with van der Waals surface area (Å²) in [6.07, 6.45) is 3.27. The van der Waals surface area contributed by atoms with Crippen LogP contribution in [0.4, 0.5) is 0 Å². The van der Waals surface area contributed by atoms with Crippen molar-refractivity contribution in [2.75, 3.05) is 6.61 Å². The number of rotatable bonds is 3. The summed E-state index contributed by atoms with van der Waals surface area (Å²) in [6.45, 7) is 4.99.